The van der Waals surface area contributed by atoms with Gasteiger partial charge in [-0.3, -0.25) is 4.79 Å². The fraction of sp³-hybridized carbons (Fsp3) is 0.533. The Kier molecular flexibility index (Phi) is 4.52. The van der Waals surface area contributed by atoms with E-state index in [1.807, 2.05) is 13.8 Å². The highest BCUT2D eigenvalue weighted by atomic mass is 16.1. The van der Waals surface area contributed by atoms with Crippen LogP contribution in [0.25, 0.3) is 0 Å². The van der Waals surface area contributed by atoms with Crippen LogP contribution in [-0.4, -0.2) is 11.4 Å². The second-order valence-corrected chi connectivity index (χ2v) is 5.82. The van der Waals surface area contributed by atoms with Crippen molar-refractivity contribution >= 4 is 5.91 Å². The quantitative estimate of drug-likeness (QED) is 0.859. The highest BCUT2D eigenvalue weighted by molar-refractivity contribution is 5.77. The number of aryl methyl sites for hydroxylation is 3. The van der Waals surface area contributed by atoms with E-state index in [1.165, 1.54) is 22.3 Å². The number of hydrogen-bond acceptors (Lipinski definition) is 2. The Bertz CT molecular complexity index is 421. The summed E-state index contributed by atoms with van der Waals surface area (Å²) in [5.74, 6) is 0.00174. The lowest BCUT2D eigenvalue weighted by Crippen LogP contribution is -2.39. The van der Waals surface area contributed by atoms with E-state index in [2.05, 4.69) is 38.2 Å². The molecule has 1 rings (SSSR count). The zero-order chi connectivity index (χ0) is 13.9. The molecule has 3 N–H and O–H groups in total. The Hall–Kier alpha value is -1.35. The molecule has 0 saturated carbocycles. The number of nitrogens with two attached hydrogens (primary N) is 1. The lowest BCUT2D eigenvalue weighted by Gasteiger charge is -2.18. The van der Waals surface area contributed by atoms with Gasteiger partial charge in [0.05, 0.1) is 0 Å². The van der Waals surface area contributed by atoms with Crippen LogP contribution in [0.2, 0.25) is 0 Å². The third-order valence-electron chi connectivity index (χ3n) is 2.92. The Balaban J connectivity index is 2.67. The van der Waals surface area contributed by atoms with Gasteiger partial charge in [-0.1, -0.05) is 17.7 Å². The largest absolute Gasteiger partial charge is 0.352 e. The monoisotopic (exact) mass is 248 g/mol. The molecule has 0 heterocycles. The average molecular weight is 248 g/mol. The molecule has 0 aliphatic heterocycles. The van der Waals surface area contributed by atoms with E-state index in [4.69, 9.17) is 5.73 Å². The van der Waals surface area contributed by atoms with E-state index in [-0.39, 0.29) is 5.91 Å². The molecule has 0 aliphatic rings. The molecule has 0 aromatic heterocycles. The van der Waals surface area contributed by atoms with Crippen LogP contribution >= 0.6 is 0 Å². The number of carbonyl (C=O) groups excluding carboxylic acids is 1. The predicted octanol–water partition coefficient (Wildman–Crippen LogP) is 2.36. The lowest BCUT2D eigenvalue weighted by molar-refractivity contribution is -0.122. The normalized spacial score (nSPS) is 11.4. The van der Waals surface area contributed by atoms with Gasteiger partial charge in [-0.05, 0) is 51.3 Å². The van der Waals surface area contributed by atoms with Gasteiger partial charge in [-0.2, -0.15) is 0 Å². The van der Waals surface area contributed by atoms with Crippen molar-refractivity contribution < 1.29 is 4.79 Å². The van der Waals surface area contributed by atoms with Crippen molar-refractivity contribution in [2.45, 2.75) is 53.1 Å². The summed E-state index contributed by atoms with van der Waals surface area (Å²) in [7, 11) is 0. The molecule has 1 aromatic carbocycles. The van der Waals surface area contributed by atoms with Crippen LogP contribution in [0, 0.1) is 20.8 Å². The van der Waals surface area contributed by atoms with Crippen LogP contribution in [-0.2, 0) is 11.3 Å². The topological polar surface area (TPSA) is 55.1 Å². The van der Waals surface area contributed by atoms with Crippen LogP contribution in [0.15, 0.2) is 12.1 Å². The Morgan fingerprint density at radius 2 is 1.72 bits per heavy atom. The van der Waals surface area contributed by atoms with Gasteiger partial charge in [0.2, 0.25) is 5.91 Å². The number of nitrogens with one attached hydrogen (secondary N) is 1. The van der Waals surface area contributed by atoms with E-state index in [0.29, 0.717) is 13.0 Å². The van der Waals surface area contributed by atoms with Gasteiger partial charge in [0.1, 0.15) is 0 Å². The Morgan fingerprint density at radius 3 is 2.17 bits per heavy atom. The number of amides is 1. The first-order valence-corrected chi connectivity index (χ1v) is 6.31. The third kappa shape index (κ3) is 4.49. The lowest BCUT2D eigenvalue weighted by atomic mass is 9.99. The van der Waals surface area contributed by atoms with Crippen LogP contribution in [0.4, 0.5) is 0 Å². The average Bonchev–Trinajstić information content (AvgIpc) is 2.12. The van der Waals surface area contributed by atoms with Crippen LogP contribution in [0.1, 0.15) is 42.5 Å². The molecular weight excluding hydrogens is 224 g/mol. The van der Waals surface area contributed by atoms with Crippen molar-refractivity contribution in [3.63, 3.8) is 0 Å². The maximum Gasteiger partial charge on any atom is 0.222 e. The van der Waals surface area contributed by atoms with Gasteiger partial charge in [0.25, 0.3) is 0 Å². The molecule has 0 atom stereocenters. The summed E-state index contributed by atoms with van der Waals surface area (Å²) in [5, 5.41) is 2.94. The standard InChI is InChI=1S/C15H24N2O/c1-10-6-11(2)13(12(3)7-10)9-17-14(18)8-15(4,5)16/h6-7H,8-9,16H2,1-5H3,(H,17,18). The summed E-state index contributed by atoms with van der Waals surface area (Å²) in [5.41, 5.74) is 10.3. The Morgan fingerprint density at radius 1 is 1.22 bits per heavy atom. The van der Waals surface area contributed by atoms with Crippen molar-refractivity contribution in [2.75, 3.05) is 0 Å². The molecule has 0 aliphatic carbocycles. The summed E-state index contributed by atoms with van der Waals surface area (Å²) in [6.45, 7) is 10.5. The minimum Gasteiger partial charge on any atom is -0.352 e. The zero-order valence-corrected chi connectivity index (χ0v) is 12.1. The molecule has 0 unspecified atom stereocenters. The maximum absolute atomic E-state index is 11.7. The first-order valence-electron chi connectivity index (χ1n) is 6.31. The van der Waals surface area contributed by atoms with E-state index >= 15 is 0 Å². The minimum atomic E-state index is -0.457. The van der Waals surface area contributed by atoms with E-state index in [0.717, 1.165) is 0 Å². The summed E-state index contributed by atoms with van der Waals surface area (Å²) in [4.78, 5) is 11.7. The fourth-order valence-corrected chi connectivity index (χ4v) is 2.15. The van der Waals surface area contributed by atoms with Crippen LogP contribution in [0.3, 0.4) is 0 Å². The highest BCUT2D eigenvalue weighted by Crippen LogP contribution is 2.16. The maximum atomic E-state index is 11.7. The number of rotatable bonds is 4. The van der Waals surface area contributed by atoms with Gasteiger partial charge >= 0.3 is 0 Å². The summed E-state index contributed by atoms with van der Waals surface area (Å²) in [6, 6.07) is 4.28. The van der Waals surface area contributed by atoms with Gasteiger partial charge in [0.15, 0.2) is 0 Å². The van der Waals surface area contributed by atoms with E-state index in [9.17, 15) is 4.79 Å². The fourth-order valence-electron chi connectivity index (χ4n) is 2.15. The molecular formula is C15H24N2O. The van der Waals surface area contributed by atoms with Gasteiger partial charge in [-0.25, -0.2) is 0 Å². The smallest absolute Gasteiger partial charge is 0.222 e. The molecule has 0 radical (unpaired) electrons. The molecule has 0 bridgehead atoms. The van der Waals surface area contributed by atoms with Gasteiger partial charge < -0.3 is 11.1 Å². The zero-order valence-electron chi connectivity index (χ0n) is 12.1. The van der Waals surface area contributed by atoms with Gasteiger partial charge in [0, 0.05) is 18.5 Å². The second-order valence-electron chi connectivity index (χ2n) is 5.82. The second kappa shape index (κ2) is 5.53. The van der Waals surface area contributed by atoms with E-state index < -0.39 is 5.54 Å². The van der Waals surface area contributed by atoms with Crippen LogP contribution in [0.5, 0.6) is 0 Å². The summed E-state index contributed by atoms with van der Waals surface area (Å²) < 4.78 is 0. The molecule has 0 spiro atoms. The molecule has 100 valence electrons. The first kappa shape index (κ1) is 14.7. The van der Waals surface area contributed by atoms with Crippen molar-refractivity contribution in [3.8, 4) is 0 Å². The predicted molar refractivity (Wildman–Crippen MR) is 75.4 cm³/mol. The highest BCUT2D eigenvalue weighted by Gasteiger charge is 2.16. The molecule has 3 nitrogen and oxygen atoms in total. The van der Waals surface area contributed by atoms with Crippen molar-refractivity contribution in [3.05, 3.63) is 34.4 Å². The minimum absolute atomic E-state index is 0.00174. The number of carbonyl (C=O) groups is 1. The number of hydrogen-bond donors (Lipinski definition) is 2. The molecule has 3 heteroatoms. The number of benzene rings is 1. The van der Waals surface area contributed by atoms with Crippen LogP contribution < -0.4 is 11.1 Å². The summed E-state index contributed by atoms with van der Waals surface area (Å²) in [6.07, 6.45) is 0.344. The third-order valence-corrected chi connectivity index (χ3v) is 2.92. The molecule has 0 fully saturated rings. The van der Waals surface area contributed by atoms with Crippen molar-refractivity contribution in [1.29, 1.82) is 0 Å². The molecule has 0 saturated heterocycles. The van der Waals surface area contributed by atoms with E-state index in [1.54, 1.807) is 0 Å². The molecule has 1 amide bonds. The SMILES string of the molecule is Cc1cc(C)c(CNC(=O)CC(C)(C)N)c(C)c1. The van der Waals surface area contributed by atoms with Crippen molar-refractivity contribution in [1.82, 2.24) is 5.32 Å². The van der Waals surface area contributed by atoms with Gasteiger partial charge in [-0.15, -0.1) is 0 Å². The Labute approximate surface area is 110 Å². The first-order chi connectivity index (χ1) is 8.19. The summed E-state index contributed by atoms with van der Waals surface area (Å²) >= 11 is 0. The molecule has 1 aromatic rings. The van der Waals surface area contributed by atoms with Crippen molar-refractivity contribution in [2.24, 2.45) is 5.73 Å². The molecule has 18 heavy (non-hydrogen) atoms.